The fourth-order valence-corrected chi connectivity index (χ4v) is 2.28. The van der Waals surface area contributed by atoms with Gasteiger partial charge in [0.1, 0.15) is 11.8 Å². The standard InChI is InChI=1S/C13H13N3O3/c17-13(18)11-12(10-7-4-8-19-10)16(15-14-11)9-5-2-1-3-6-9/h1-3,5-6,10H,4,7-8H2,(H,17,18). The van der Waals surface area contributed by atoms with Gasteiger partial charge in [-0.15, -0.1) is 5.10 Å². The Hall–Kier alpha value is -2.21. The summed E-state index contributed by atoms with van der Waals surface area (Å²) in [5.74, 6) is -1.08. The van der Waals surface area contributed by atoms with E-state index in [9.17, 15) is 9.90 Å². The SMILES string of the molecule is O=C(O)c1nnn(-c2ccccc2)c1C1CCCO1. The Bertz CT molecular complexity index is 588. The maximum absolute atomic E-state index is 11.3. The average molecular weight is 259 g/mol. The molecule has 6 nitrogen and oxygen atoms in total. The van der Waals surface area contributed by atoms with E-state index in [0.717, 1.165) is 18.5 Å². The van der Waals surface area contributed by atoms with Crippen LogP contribution in [0.25, 0.3) is 5.69 Å². The van der Waals surface area contributed by atoms with Gasteiger partial charge in [-0.25, -0.2) is 9.48 Å². The number of ether oxygens (including phenoxy) is 1. The van der Waals surface area contributed by atoms with Crippen LogP contribution in [-0.2, 0) is 4.74 Å². The molecule has 0 radical (unpaired) electrons. The molecule has 1 unspecified atom stereocenters. The molecule has 1 N–H and O–H groups in total. The minimum absolute atomic E-state index is 0.0317. The van der Waals surface area contributed by atoms with Crippen LogP contribution < -0.4 is 0 Å². The lowest BCUT2D eigenvalue weighted by atomic mass is 10.1. The molecule has 0 spiro atoms. The van der Waals surface area contributed by atoms with Crippen molar-refractivity contribution in [3.8, 4) is 5.69 Å². The summed E-state index contributed by atoms with van der Waals surface area (Å²) < 4.78 is 7.14. The van der Waals surface area contributed by atoms with Gasteiger partial charge in [-0.2, -0.15) is 0 Å². The van der Waals surface area contributed by atoms with Gasteiger partial charge in [0.15, 0.2) is 5.69 Å². The number of hydrogen-bond acceptors (Lipinski definition) is 4. The number of para-hydroxylation sites is 1. The van der Waals surface area contributed by atoms with Crippen molar-refractivity contribution in [1.29, 1.82) is 0 Å². The summed E-state index contributed by atoms with van der Waals surface area (Å²) in [5, 5.41) is 16.9. The quantitative estimate of drug-likeness (QED) is 0.909. The van der Waals surface area contributed by atoms with Crippen LogP contribution in [0.1, 0.15) is 35.1 Å². The molecule has 2 heterocycles. The zero-order valence-corrected chi connectivity index (χ0v) is 10.2. The van der Waals surface area contributed by atoms with Gasteiger partial charge in [-0.3, -0.25) is 0 Å². The second-order valence-corrected chi connectivity index (χ2v) is 4.38. The van der Waals surface area contributed by atoms with Gasteiger partial charge in [0.25, 0.3) is 0 Å². The maximum Gasteiger partial charge on any atom is 0.358 e. The predicted octanol–water partition coefficient (Wildman–Crippen LogP) is 1.82. The molecule has 98 valence electrons. The van der Waals surface area contributed by atoms with Gasteiger partial charge < -0.3 is 9.84 Å². The van der Waals surface area contributed by atoms with E-state index in [-0.39, 0.29) is 11.8 Å². The van der Waals surface area contributed by atoms with E-state index in [1.54, 1.807) is 4.68 Å². The smallest absolute Gasteiger partial charge is 0.358 e. The van der Waals surface area contributed by atoms with Crippen LogP contribution in [0.4, 0.5) is 0 Å². The Balaban J connectivity index is 2.12. The summed E-state index contributed by atoms with van der Waals surface area (Å²) in [6, 6.07) is 9.36. The molecule has 0 aliphatic carbocycles. The Morgan fingerprint density at radius 3 is 2.79 bits per heavy atom. The van der Waals surface area contributed by atoms with Gasteiger partial charge >= 0.3 is 5.97 Å². The van der Waals surface area contributed by atoms with E-state index in [4.69, 9.17) is 4.74 Å². The molecular weight excluding hydrogens is 246 g/mol. The molecule has 0 amide bonds. The van der Waals surface area contributed by atoms with Crippen LogP contribution in [0.2, 0.25) is 0 Å². The topological polar surface area (TPSA) is 77.2 Å². The van der Waals surface area contributed by atoms with E-state index >= 15 is 0 Å². The number of aromatic nitrogens is 3. The third-order valence-electron chi connectivity index (χ3n) is 3.14. The number of carboxylic acid groups (broad SMARTS) is 1. The molecular formula is C13H13N3O3. The van der Waals surface area contributed by atoms with Gasteiger partial charge in [0.2, 0.25) is 0 Å². The molecule has 1 saturated heterocycles. The Kier molecular flexibility index (Phi) is 3.00. The van der Waals surface area contributed by atoms with Crippen LogP contribution in [0.15, 0.2) is 30.3 Å². The largest absolute Gasteiger partial charge is 0.476 e. The Morgan fingerprint density at radius 2 is 2.16 bits per heavy atom. The van der Waals surface area contributed by atoms with Crippen molar-refractivity contribution in [3.63, 3.8) is 0 Å². The summed E-state index contributed by atoms with van der Waals surface area (Å²) in [7, 11) is 0. The summed E-state index contributed by atoms with van der Waals surface area (Å²) in [6.07, 6.45) is 1.46. The molecule has 1 aromatic carbocycles. The first-order valence-corrected chi connectivity index (χ1v) is 6.13. The molecule has 0 saturated carbocycles. The van der Waals surface area contributed by atoms with E-state index in [1.807, 2.05) is 30.3 Å². The first-order valence-electron chi connectivity index (χ1n) is 6.13. The number of carboxylic acids is 1. The number of nitrogens with zero attached hydrogens (tertiary/aromatic N) is 3. The predicted molar refractivity (Wildman–Crippen MR) is 66.2 cm³/mol. The lowest BCUT2D eigenvalue weighted by Gasteiger charge is -2.12. The van der Waals surface area contributed by atoms with Gasteiger partial charge in [0, 0.05) is 6.61 Å². The Labute approximate surface area is 109 Å². The molecule has 1 aromatic heterocycles. The number of benzene rings is 1. The normalized spacial score (nSPS) is 18.6. The second kappa shape index (κ2) is 4.81. The fraction of sp³-hybridized carbons (Fsp3) is 0.308. The van der Waals surface area contributed by atoms with Crippen molar-refractivity contribution in [2.45, 2.75) is 18.9 Å². The Morgan fingerprint density at radius 1 is 1.37 bits per heavy atom. The van der Waals surface area contributed by atoms with E-state index in [2.05, 4.69) is 10.3 Å². The van der Waals surface area contributed by atoms with Gasteiger partial charge in [-0.1, -0.05) is 23.4 Å². The van der Waals surface area contributed by atoms with Crippen molar-refractivity contribution < 1.29 is 14.6 Å². The molecule has 3 rings (SSSR count). The third-order valence-corrected chi connectivity index (χ3v) is 3.14. The molecule has 1 aliphatic heterocycles. The molecule has 0 bridgehead atoms. The van der Waals surface area contributed by atoms with E-state index < -0.39 is 5.97 Å². The second-order valence-electron chi connectivity index (χ2n) is 4.38. The highest BCUT2D eigenvalue weighted by molar-refractivity contribution is 5.86. The van der Waals surface area contributed by atoms with Crippen LogP contribution in [0, 0.1) is 0 Å². The minimum Gasteiger partial charge on any atom is -0.476 e. The molecule has 6 heteroatoms. The molecule has 1 fully saturated rings. The van der Waals surface area contributed by atoms with Crippen molar-refractivity contribution in [2.24, 2.45) is 0 Å². The number of hydrogen-bond donors (Lipinski definition) is 1. The zero-order valence-electron chi connectivity index (χ0n) is 10.2. The van der Waals surface area contributed by atoms with E-state index in [1.165, 1.54) is 0 Å². The molecule has 1 atom stereocenters. The highest BCUT2D eigenvalue weighted by Crippen LogP contribution is 2.31. The van der Waals surface area contributed by atoms with Crippen molar-refractivity contribution in [1.82, 2.24) is 15.0 Å². The van der Waals surface area contributed by atoms with Crippen LogP contribution in [0.5, 0.6) is 0 Å². The van der Waals surface area contributed by atoms with Crippen molar-refractivity contribution in [2.75, 3.05) is 6.61 Å². The number of aromatic carboxylic acids is 1. The molecule has 2 aromatic rings. The monoisotopic (exact) mass is 259 g/mol. The van der Waals surface area contributed by atoms with Crippen LogP contribution in [-0.4, -0.2) is 32.7 Å². The van der Waals surface area contributed by atoms with Crippen LogP contribution in [0.3, 0.4) is 0 Å². The highest BCUT2D eigenvalue weighted by Gasteiger charge is 2.30. The lowest BCUT2D eigenvalue weighted by molar-refractivity contribution is 0.0673. The van der Waals surface area contributed by atoms with Crippen molar-refractivity contribution in [3.05, 3.63) is 41.7 Å². The average Bonchev–Trinajstić information content (AvgIpc) is 3.08. The summed E-state index contributed by atoms with van der Waals surface area (Å²) >= 11 is 0. The summed E-state index contributed by atoms with van der Waals surface area (Å²) in [6.45, 7) is 0.643. The van der Waals surface area contributed by atoms with Gasteiger partial charge in [0.05, 0.1) is 5.69 Å². The first-order chi connectivity index (χ1) is 9.27. The third kappa shape index (κ3) is 2.10. The summed E-state index contributed by atoms with van der Waals surface area (Å²) in [5.41, 5.74) is 1.28. The maximum atomic E-state index is 11.3. The highest BCUT2D eigenvalue weighted by atomic mass is 16.5. The first kappa shape index (κ1) is 11.9. The summed E-state index contributed by atoms with van der Waals surface area (Å²) in [4.78, 5) is 11.3. The molecule has 1 aliphatic rings. The minimum atomic E-state index is -1.08. The fourth-order valence-electron chi connectivity index (χ4n) is 2.28. The number of rotatable bonds is 3. The zero-order chi connectivity index (χ0) is 13.2. The van der Waals surface area contributed by atoms with Crippen LogP contribution >= 0.6 is 0 Å². The number of carbonyl (C=O) groups is 1. The van der Waals surface area contributed by atoms with Crippen molar-refractivity contribution >= 4 is 5.97 Å². The molecule has 19 heavy (non-hydrogen) atoms. The van der Waals surface area contributed by atoms with Gasteiger partial charge in [-0.05, 0) is 25.0 Å². The van der Waals surface area contributed by atoms with E-state index in [0.29, 0.717) is 12.3 Å². The lowest BCUT2D eigenvalue weighted by Crippen LogP contribution is -2.11.